The van der Waals surface area contributed by atoms with Crippen LogP contribution in [0.25, 0.3) is 22.7 Å². The number of aromatic nitrogens is 4. The standard InChI is InChI=1S/C56H74ClN4P2/c1-33(2)41-21-17-22-42(34(3)4)49(41)58-29-30-59(50-43(35(5)6)23-18-24-44(50)36(7)8)53(58)55-62-56(63(55)57)54-60(51-45(37(9)10)25-19-26-46(51)38(11)12)31-32-61(54)52-47(39(13)14)27-20-28-48(52)40(15)16/h17-40,55-56H,1-16H3/q+1. The predicted octanol–water partition coefficient (Wildman–Crippen LogP) is 17.1. The van der Waals surface area contributed by atoms with Crippen LogP contribution in [0.1, 0.15) is 225 Å². The number of hydrogen-bond acceptors (Lipinski definition) is 0. The average Bonchev–Trinajstić information content (AvgIpc) is 3.86. The topological polar surface area (TPSA) is 17.6 Å². The van der Waals surface area contributed by atoms with Crippen LogP contribution >= 0.6 is 27.1 Å². The van der Waals surface area contributed by atoms with Gasteiger partial charge in [-0.1, -0.05) is 195 Å². The molecule has 0 spiro atoms. The van der Waals surface area contributed by atoms with Crippen LogP contribution in [0.5, 0.6) is 0 Å². The Hall–Kier alpha value is -3.55. The zero-order valence-electron chi connectivity index (χ0n) is 41.1. The smallest absolute Gasteiger partial charge is 0.246 e. The van der Waals surface area contributed by atoms with Gasteiger partial charge in [0.2, 0.25) is 11.6 Å². The number of nitrogens with zero attached hydrogens (tertiary/aromatic N) is 4. The van der Waals surface area contributed by atoms with E-state index in [0.29, 0.717) is 47.3 Å². The number of benzene rings is 4. The normalized spacial score (nSPS) is 17.3. The molecule has 6 aromatic rings. The molecule has 1 saturated heterocycles. The summed E-state index contributed by atoms with van der Waals surface area (Å²) >= 11 is 8.32. The van der Waals surface area contributed by atoms with Gasteiger partial charge >= 0.3 is 0 Å². The first-order valence-corrected chi connectivity index (χ1v) is 27.2. The third-order valence-corrected chi connectivity index (χ3v) is 20.0. The Bertz CT molecular complexity index is 2130. The van der Waals surface area contributed by atoms with Crippen LogP contribution in [0.2, 0.25) is 0 Å². The average molecular weight is 901 g/mol. The van der Waals surface area contributed by atoms with E-state index < -0.39 is 7.27 Å². The Morgan fingerprint density at radius 1 is 0.413 bits per heavy atom. The molecule has 1 aliphatic heterocycles. The SMILES string of the molecule is CC(C)c1cccc(C(C)C)c1-n1cc[n+](-c2c(C(C)C)cccc2C(C)C)c1C1[P-]C(c2n(-c3c(C(C)C)cccc3C(C)C)cc[n+]2-c2c(C(C)C)cccc2C(C)C)P1Cl. The molecule has 63 heavy (non-hydrogen) atoms. The molecule has 7 heteroatoms. The molecule has 0 N–H and O–H groups in total. The maximum absolute atomic E-state index is 8.32. The van der Waals surface area contributed by atoms with Crippen molar-refractivity contribution in [2.24, 2.45) is 0 Å². The Kier molecular flexibility index (Phi) is 14.4. The number of hydrogen-bond donors (Lipinski definition) is 0. The minimum Gasteiger partial charge on any atom is -0.495 e. The van der Waals surface area contributed by atoms with Crippen LogP contribution in [0.15, 0.2) is 97.6 Å². The number of imidazole rings is 2. The van der Waals surface area contributed by atoms with E-state index in [-0.39, 0.29) is 10.8 Å². The summed E-state index contributed by atoms with van der Waals surface area (Å²) in [5.41, 5.74) is 16.3. The lowest BCUT2D eigenvalue weighted by atomic mass is 9.92. The molecule has 0 aliphatic carbocycles. The van der Waals surface area contributed by atoms with Crippen molar-refractivity contribution < 1.29 is 9.13 Å². The van der Waals surface area contributed by atoms with Crippen molar-refractivity contribution in [3.05, 3.63) is 154 Å². The van der Waals surface area contributed by atoms with Crippen molar-refractivity contribution in [1.29, 1.82) is 0 Å². The van der Waals surface area contributed by atoms with Gasteiger partial charge in [-0.15, -0.1) is 0 Å². The molecule has 4 nitrogen and oxygen atoms in total. The van der Waals surface area contributed by atoms with Gasteiger partial charge in [-0.05, 0) is 65.4 Å². The Labute approximate surface area is 388 Å². The van der Waals surface area contributed by atoms with Crippen LogP contribution in [-0.2, 0) is 0 Å². The largest absolute Gasteiger partial charge is 0.495 e. The lowest BCUT2D eigenvalue weighted by molar-refractivity contribution is -0.605. The van der Waals surface area contributed by atoms with E-state index in [2.05, 4.69) is 227 Å². The van der Waals surface area contributed by atoms with E-state index in [1.165, 1.54) is 87.5 Å². The maximum atomic E-state index is 8.32. The van der Waals surface area contributed by atoms with Crippen LogP contribution in [0.3, 0.4) is 0 Å². The Balaban J connectivity index is 1.54. The summed E-state index contributed by atoms with van der Waals surface area (Å²) < 4.78 is 10.3. The summed E-state index contributed by atoms with van der Waals surface area (Å²) in [6.45, 7) is 37.4. The van der Waals surface area contributed by atoms with Crippen LogP contribution in [-0.4, -0.2) is 9.13 Å². The van der Waals surface area contributed by atoms with Crippen molar-refractivity contribution in [3.8, 4) is 22.7 Å². The number of para-hydroxylation sites is 4. The van der Waals surface area contributed by atoms with E-state index in [1.807, 2.05) is 0 Å². The lowest BCUT2D eigenvalue weighted by Crippen LogP contribution is -2.41. The molecule has 1 fully saturated rings. The van der Waals surface area contributed by atoms with Gasteiger partial charge in [-0.2, -0.15) is 0 Å². The maximum Gasteiger partial charge on any atom is 0.246 e. The molecule has 0 amide bonds. The van der Waals surface area contributed by atoms with Gasteiger partial charge in [0, 0.05) is 44.5 Å². The van der Waals surface area contributed by atoms with Gasteiger partial charge < -0.3 is 8.58 Å². The van der Waals surface area contributed by atoms with Crippen molar-refractivity contribution in [2.45, 2.75) is 169 Å². The highest BCUT2D eigenvalue weighted by atomic mass is 35.7. The van der Waals surface area contributed by atoms with Crippen molar-refractivity contribution in [2.75, 3.05) is 0 Å². The first-order chi connectivity index (χ1) is 29.9. The zero-order valence-corrected chi connectivity index (χ0v) is 43.6. The summed E-state index contributed by atoms with van der Waals surface area (Å²) in [6.07, 6.45) is 9.43. The molecule has 0 radical (unpaired) electrons. The molecule has 3 heterocycles. The van der Waals surface area contributed by atoms with Crippen LogP contribution < -0.4 is 9.13 Å². The zero-order chi connectivity index (χ0) is 45.8. The molecular weight excluding hydrogens is 826 g/mol. The monoisotopic (exact) mass is 900 g/mol. The van der Waals surface area contributed by atoms with Crippen molar-refractivity contribution in [1.82, 2.24) is 9.13 Å². The molecule has 2 aromatic heterocycles. The summed E-state index contributed by atoms with van der Waals surface area (Å²) in [5.74, 6) is 5.44. The fraction of sp³-hybridized carbons (Fsp3) is 0.464. The quantitative estimate of drug-likeness (QED) is 0.0766. The molecule has 2 unspecified atom stereocenters. The van der Waals surface area contributed by atoms with E-state index in [9.17, 15) is 0 Å². The highest BCUT2D eigenvalue weighted by Crippen LogP contribution is 2.87. The molecule has 7 rings (SSSR count). The van der Waals surface area contributed by atoms with Gasteiger partial charge in [-0.25, -0.2) is 18.3 Å². The summed E-state index contributed by atoms with van der Waals surface area (Å²) in [4.78, 5) is 0. The van der Waals surface area contributed by atoms with E-state index in [4.69, 9.17) is 11.2 Å². The fourth-order valence-corrected chi connectivity index (χ4v) is 15.2. The van der Waals surface area contributed by atoms with Crippen molar-refractivity contribution in [3.63, 3.8) is 0 Å². The molecular formula is C56H74ClN4P2+. The minimum atomic E-state index is -1.10. The number of rotatable bonds is 14. The lowest BCUT2D eigenvalue weighted by Gasteiger charge is -2.51. The molecule has 0 saturated carbocycles. The molecule has 0 bridgehead atoms. The summed E-state index contributed by atoms with van der Waals surface area (Å²) in [5, 5.41) is 0.238. The third kappa shape index (κ3) is 8.68. The number of halogens is 1. The minimum absolute atomic E-state index is 0.119. The van der Waals surface area contributed by atoms with E-state index >= 15 is 0 Å². The fourth-order valence-electron chi connectivity index (χ4n) is 9.90. The van der Waals surface area contributed by atoms with Gasteiger partial charge in [0.1, 0.15) is 47.5 Å². The Morgan fingerprint density at radius 2 is 0.651 bits per heavy atom. The third-order valence-electron chi connectivity index (χ3n) is 13.3. The highest BCUT2D eigenvalue weighted by molar-refractivity contribution is 7.99. The van der Waals surface area contributed by atoms with Gasteiger partial charge in [0.05, 0.1) is 0 Å². The summed E-state index contributed by atoms with van der Waals surface area (Å²) in [6, 6.07) is 27.8. The first kappa shape index (κ1) is 47.4. The van der Waals surface area contributed by atoms with Crippen molar-refractivity contribution >= 4 is 27.1 Å². The molecule has 2 atom stereocenters. The summed E-state index contributed by atoms with van der Waals surface area (Å²) in [7, 11) is 0.226. The van der Waals surface area contributed by atoms with Crippen LogP contribution in [0.4, 0.5) is 0 Å². The predicted molar refractivity (Wildman–Crippen MR) is 272 cm³/mol. The van der Waals surface area contributed by atoms with Gasteiger partial charge in [0.25, 0.3) is 0 Å². The molecule has 4 aromatic carbocycles. The second kappa shape index (κ2) is 19.1. The van der Waals surface area contributed by atoms with E-state index in [0.717, 1.165) is 0 Å². The molecule has 334 valence electrons. The van der Waals surface area contributed by atoms with Gasteiger partial charge in [-0.3, -0.25) is 0 Å². The van der Waals surface area contributed by atoms with Crippen LogP contribution in [0, 0.1) is 0 Å². The Morgan fingerprint density at radius 3 is 0.873 bits per heavy atom. The second-order valence-electron chi connectivity index (χ2n) is 20.4. The highest BCUT2D eigenvalue weighted by Gasteiger charge is 2.45. The second-order valence-corrected chi connectivity index (χ2v) is 25.4. The van der Waals surface area contributed by atoms with Gasteiger partial charge in [0.15, 0.2) is 0 Å². The molecule has 1 aliphatic rings. The van der Waals surface area contributed by atoms with E-state index in [1.54, 1.807) is 0 Å². The first-order valence-electron chi connectivity index (χ1n) is 23.8.